The fraction of sp³-hybridized carbons (Fsp3) is 0.615. The first kappa shape index (κ1) is 26.5. The maximum absolute atomic E-state index is 13.5. The molecular formula is C26H36N2O7. The average Bonchev–Trinajstić information content (AvgIpc) is 3.11. The quantitative estimate of drug-likeness (QED) is 0.442. The van der Waals surface area contributed by atoms with Crippen molar-refractivity contribution in [3.8, 4) is 0 Å². The number of alkyl carbamates (subject to hydrolysis) is 1. The minimum atomic E-state index is -1.05. The van der Waals surface area contributed by atoms with E-state index in [0.29, 0.717) is 6.54 Å². The number of nitrogens with one attached hydrogen (secondary N) is 1. The Balaban J connectivity index is 1.68. The van der Waals surface area contributed by atoms with Crippen LogP contribution in [-0.2, 0) is 35.2 Å². The van der Waals surface area contributed by atoms with Crippen molar-refractivity contribution in [1.82, 2.24) is 10.2 Å². The molecule has 1 saturated carbocycles. The lowest BCUT2D eigenvalue weighted by Crippen LogP contribution is -2.54. The van der Waals surface area contributed by atoms with Crippen LogP contribution in [0.5, 0.6) is 0 Å². The van der Waals surface area contributed by atoms with Gasteiger partial charge in [0.25, 0.3) is 0 Å². The summed E-state index contributed by atoms with van der Waals surface area (Å²) in [6.07, 6.45) is -0.851. The molecule has 1 saturated heterocycles. The van der Waals surface area contributed by atoms with Crippen LogP contribution >= 0.6 is 0 Å². The van der Waals surface area contributed by atoms with Gasteiger partial charge in [-0.2, -0.15) is 0 Å². The molecule has 1 aromatic rings. The highest BCUT2D eigenvalue weighted by molar-refractivity contribution is 5.91. The highest BCUT2D eigenvalue weighted by atomic mass is 16.6. The summed E-state index contributed by atoms with van der Waals surface area (Å²) in [6, 6.07) is 7.48. The van der Waals surface area contributed by atoms with Gasteiger partial charge in [-0.05, 0) is 44.1 Å². The van der Waals surface area contributed by atoms with Crippen LogP contribution in [0, 0.1) is 17.3 Å². The van der Waals surface area contributed by atoms with Crippen LogP contribution in [0.3, 0.4) is 0 Å². The maximum atomic E-state index is 13.5. The number of carbonyl (C=O) groups excluding carboxylic acids is 4. The van der Waals surface area contributed by atoms with Crippen molar-refractivity contribution < 1.29 is 33.4 Å². The molecule has 9 heteroatoms. The molecule has 9 nitrogen and oxygen atoms in total. The van der Waals surface area contributed by atoms with Crippen LogP contribution in [0.15, 0.2) is 30.3 Å². The molecule has 1 aliphatic heterocycles. The maximum Gasteiger partial charge on any atom is 0.408 e. The Kier molecular flexibility index (Phi) is 7.77. The average molecular weight is 489 g/mol. The van der Waals surface area contributed by atoms with Crippen LogP contribution in [0.1, 0.15) is 53.0 Å². The van der Waals surface area contributed by atoms with Crippen molar-refractivity contribution in [2.24, 2.45) is 17.3 Å². The van der Waals surface area contributed by atoms with E-state index in [1.54, 1.807) is 20.8 Å². The van der Waals surface area contributed by atoms with E-state index in [9.17, 15) is 19.2 Å². The van der Waals surface area contributed by atoms with Gasteiger partial charge in [-0.15, -0.1) is 0 Å². The molecule has 3 rings (SSSR count). The molecule has 0 aromatic heterocycles. The zero-order valence-electron chi connectivity index (χ0n) is 21.3. The van der Waals surface area contributed by atoms with Gasteiger partial charge in [-0.25, -0.2) is 9.59 Å². The van der Waals surface area contributed by atoms with Crippen molar-refractivity contribution in [1.29, 1.82) is 0 Å². The highest BCUT2D eigenvalue weighted by Gasteiger charge is 2.70. The number of likely N-dealkylation sites (tertiary alicyclic amines) is 1. The Morgan fingerprint density at radius 1 is 1.14 bits per heavy atom. The van der Waals surface area contributed by atoms with Crippen molar-refractivity contribution in [3.05, 3.63) is 35.9 Å². The van der Waals surface area contributed by atoms with E-state index >= 15 is 0 Å². The number of hydrogen-bond donors (Lipinski definition) is 1. The zero-order chi connectivity index (χ0) is 26.0. The number of hydrogen-bond acceptors (Lipinski definition) is 7. The number of rotatable bonds is 8. The van der Waals surface area contributed by atoms with E-state index in [1.165, 1.54) is 12.0 Å². The second-order valence-electron chi connectivity index (χ2n) is 10.8. The van der Waals surface area contributed by atoms with Crippen molar-refractivity contribution in [3.63, 3.8) is 0 Å². The predicted molar refractivity (Wildman–Crippen MR) is 127 cm³/mol. The molecule has 0 bridgehead atoms. The molecule has 192 valence electrons. The summed E-state index contributed by atoms with van der Waals surface area (Å²) in [5.41, 5.74) is 0.0191. The molecule has 2 fully saturated rings. The topological polar surface area (TPSA) is 111 Å². The third-order valence-corrected chi connectivity index (χ3v) is 6.80. The van der Waals surface area contributed by atoms with Crippen LogP contribution in [-0.4, -0.2) is 60.2 Å². The number of carbonyl (C=O) groups is 4. The molecule has 4 atom stereocenters. The molecule has 35 heavy (non-hydrogen) atoms. The van der Waals surface area contributed by atoms with E-state index < -0.39 is 41.6 Å². The second-order valence-corrected chi connectivity index (χ2v) is 10.8. The van der Waals surface area contributed by atoms with Crippen LogP contribution in [0.4, 0.5) is 4.79 Å². The summed E-state index contributed by atoms with van der Waals surface area (Å²) in [5, 5.41) is 2.60. The molecule has 1 unspecified atom stereocenters. The largest absolute Gasteiger partial charge is 0.467 e. The van der Waals surface area contributed by atoms with Crippen molar-refractivity contribution in [2.75, 3.05) is 13.7 Å². The second kappa shape index (κ2) is 10.3. The van der Waals surface area contributed by atoms with Gasteiger partial charge in [0.1, 0.15) is 24.3 Å². The Bertz CT molecular complexity index is 954. The number of esters is 2. The lowest BCUT2D eigenvalue weighted by molar-refractivity contribution is -0.154. The number of benzene rings is 1. The van der Waals surface area contributed by atoms with Gasteiger partial charge < -0.3 is 24.4 Å². The SMILES string of the molecule is COC(=O)[C@@H]1[C@@H]2C(CN1C(=O)[C@H](CCC(=O)OCc1ccccc1)NC(=O)OC(C)(C)C)C2(C)C. The molecule has 0 radical (unpaired) electrons. The molecule has 1 aliphatic carbocycles. The lowest BCUT2D eigenvalue weighted by Gasteiger charge is -2.32. The number of ether oxygens (including phenoxy) is 3. The van der Waals surface area contributed by atoms with Gasteiger partial charge >= 0.3 is 18.0 Å². The van der Waals surface area contributed by atoms with E-state index in [-0.39, 0.29) is 36.7 Å². The molecule has 2 amide bonds. The Labute approximate surface area is 206 Å². The van der Waals surface area contributed by atoms with Gasteiger partial charge in [-0.1, -0.05) is 44.2 Å². The van der Waals surface area contributed by atoms with E-state index in [2.05, 4.69) is 19.2 Å². The summed E-state index contributed by atoms with van der Waals surface area (Å²) >= 11 is 0. The lowest BCUT2D eigenvalue weighted by atomic mass is 9.99. The Morgan fingerprint density at radius 2 is 1.80 bits per heavy atom. The highest BCUT2D eigenvalue weighted by Crippen LogP contribution is 2.65. The van der Waals surface area contributed by atoms with Gasteiger partial charge in [-0.3, -0.25) is 9.59 Å². The summed E-state index contributed by atoms with van der Waals surface area (Å²) in [4.78, 5) is 52.4. The fourth-order valence-electron chi connectivity index (χ4n) is 4.88. The van der Waals surface area contributed by atoms with Gasteiger partial charge in [0.2, 0.25) is 5.91 Å². The van der Waals surface area contributed by atoms with Crippen LogP contribution < -0.4 is 5.32 Å². The normalized spacial score (nSPS) is 23.0. The minimum absolute atomic E-state index is 0.00286. The summed E-state index contributed by atoms with van der Waals surface area (Å²) < 4.78 is 15.6. The molecular weight excluding hydrogens is 452 g/mol. The van der Waals surface area contributed by atoms with Gasteiger partial charge in [0.05, 0.1) is 7.11 Å². The first-order chi connectivity index (χ1) is 16.3. The standard InChI is InChI=1S/C26H36N2O7/c1-25(2,3)35-24(32)27-18(12-13-19(29)34-15-16-10-8-7-9-11-16)22(30)28-14-17-20(26(17,4)5)21(28)23(31)33-6/h7-11,17-18,20-21H,12-15H2,1-6H3,(H,27,32)/t17?,18-,20-,21-/m0/s1. The third-order valence-electron chi connectivity index (χ3n) is 6.80. The van der Waals surface area contributed by atoms with Gasteiger partial charge in [0, 0.05) is 18.9 Å². The molecule has 0 spiro atoms. The number of methoxy groups -OCH3 is 1. The Hall–Kier alpha value is -3.10. The monoisotopic (exact) mass is 488 g/mol. The van der Waals surface area contributed by atoms with Crippen molar-refractivity contribution >= 4 is 23.9 Å². The Morgan fingerprint density at radius 3 is 2.40 bits per heavy atom. The van der Waals surface area contributed by atoms with E-state index in [0.717, 1.165) is 5.56 Å². The van der Waals surface area contributed by atoms with Gasteiger partial charge in [0.15, 0.2) is 0 Å². The molecule has 1 heterocycles. The molecule has 2 aliphatic rings. The van der Waals surface area contributed by atoms with Crippen molar-refractivity contribution in [2.45, 2.75) is 71.8 Å². The molecule has 1 aromatic carbocycles. The number of nitrogens with zero attached hydrogens (tertiary/aromatic N) is 1. The summed E-state index contributed by atoms with van der Waals surface area (Å²) in [7, 11) is 1.30. The number of fused-ring (bicyclic) bond motifs is 1. The third kappa shape index (κ3) is 6.32. The zero-order valence-corrected chi connectivity index (χ0v) is 21.3. The fourth-order valence-corrected chi connectivity index (χ4v) is 4.88. The summed E-state index contributed by atoms with van der Waals surface area (Å²) in [6.45, 7) is 9.79. The summed E-state index contributed by atoms with van der Waals surface area (Å²) in [5.74, 6) is -1.24. The minimum Gasteiger partial charge on any atom is -0.467 e. The number of amides is 2. The van der Waals surface area contributed by atoms with Crippen LogP contribution in [0.25, 0.3) is 0 Å². The first-order valence-electron chi connectivity index (χ1n) is 11.9. The first-order valence-corrected chi connectivity index (χ1v) is 11.9. The smallest absolute Gasteiger partial charge is 0.408 e. The number of piperidine rings is 1. The van der Waals surface area contributed by atoms with E-state index in [1.807, 2.05) is 30.3 Å². The van der Waals surface area contributed by atoms with Crippen LogP contribution in [0.2, 0.25) is 0 Å². The molecule has 1 N–H and O–H groups in total. The predicted octanol–water partition coefficient (Wildman–Crippen LogP) is 3.06. The van der Waals surface area contributed by atoms with E-state index in [4.69, 9.17) is 14.2 Å².